The van der Waals surface area contributed by atoms with Crippen LogP contribution in [0.15, 0.2) is 78.9 Å². The number of nitro benzene ring substituents is 2. The van der Waals surface area contributed by atoms with Crippen LogP contribution >= 0.6 is 0 Å². The molecule has 0 saturated carbocycles. The molecule has 6 aromatic carbocycles. The number of carbonyl (C=O) groups is 12. The second kappa shape index (κ2) is 35.2. The van der Waals surface area contributed by atoms with E-state index in [1.165, 1.54) is 98.6 Å². The number of anilines is 1. The van der Waals surface area contributed by atoms with Crippen LogP contribution in [0, 0.1) is 66.5 Å². The first-order valence-corrected chi connectivity index (χ1v) is 25.4. The zero-order valence-corrected chi connectivity index (χ0v) is 50.9. The van der Waals surface area contributed by atoms with Crippen LogP contribution in [0.4, 0.5) is 25.8 Å². The zero-order valence-electron chi connectivity index (χ0n) is 50.9. The fraction of sp³-hybridized carbons (Fsp3) is 0.213. The highest BCUT2D eigenvalue weighted by molar-refractivity contribution is 6.16. The Balaban J connectivity index is 0.00000111. The zero-order chi connectivity index (χ0) is 69.9. The molecule has 2 aliphatic rings. The van der Waals surface area contributed by atoms with Gasteiger partial charge >= 0.3 is 71.6 Å². The number of halogens is 2. The van der Waals surface area contributed by atoms with Crippen molar-refractivity contribution in [2.24, 2.45) is 0 Å². The number of nitrogen functional groups attached to an aromatic ring is 1. The lowest BCUT2D eigenvalue weighted by atomic mass is 10.0. The molecule has 0 spiro atoms. The number of carbonyl (C=O) groups excluding carboxylic acids is 10. The van der Waals surface area contributed by atoms with E-state index in [0.29, 0.717) is 28.1 Å². The summed E-state index contributed by atoms with van der Waals surface area (Å²) in [6, 6.07) is 16.1. The Kier molecular flexibility index (Phi) is 29.8. The van der Waals surface area contributed by atoms with Crippen molar-refractivity contribution in [2.75, 3.05) is 55.5 Å². The molecule has 6 aromatic rings. The summed E-state index contributed by atoms with van der Waals surface area (Å²) in [5, 5.41) is 38.8. The highest BCUT2D eigenvalue weighted by atomic mass is 19.1. The summed E-state index contributed by atoms with van der Waals surface area (Å²) in [7, 11) is 8.58. The van der Waals surface area contributed by atoms with Gasteiger partial charge in [0, 0.05) is 38.8 Å². The van der Waals surface area contributed by atoms with E-state index in [1.54, 1.807) is 13.0 Å². The minimum Gasteiger partial charge on any atom is -0.497 e. The highest BCUT2D eigenvalue weighted by Crippen LogP contribution is 2.28. The second-order valence-corrected chi connectivity index (χ2v) is 18.3. The van der Waals surface area contributed by atoms with E-state index in [0.717, 1.165) is 51.7 Å². The molecule has 2 aliphatic heterocycles. The first kappa shape index (κ1) is 79.7. The minimum atomic E-state index is -1.51. The molecular formula is C61H59BF2N3O27. The predicted octanol–water partition coefficient (Wildman–Crippen LogP) is 8.59. The van der Waals surface area contributed by atoms with E-state index in [2.05, 4.69) is 37.9 Å². The van der Waals surface area contributed by atoms with Crippen LogP contribution in [0.25, 0.3) is 0 Å². The molecular weight excluding hydrogens is 1260 g/mol. The van der Waals surface area contributed by atoms with E-state index in [1.807, 2.05) is 0 Å². The van der Waals surface area contributed by atoms with Gasteiger partial charge in [0.1, 0.15) is 17.4 Å². The van der Waals surface area contributed by atoms with Gasteiger partial charge in [-0.2, -0.15) is 0 Å². The molecule has 0 atom stereocenters. The summed E-state index contributed by atoms with van der Waals surface area (Å²) in [5.41, 5.74) is 6.58. The molecule has 0 aromatic heterocycles. The van der Waals surface area contributed by atoms with Crippen LogP contribution in [0.5, 0.6) is 5.75 Å². The molecule has 0 saturated heterocycles. The average molecular weight is 1320 g/mol. The smallest absolute Gasteiger partial charge is 0.347 e. The first-order chi connectivity index (χ1) is 43.1. The average Bonchev–Trinajstić information content (AvgIpc) is 1.80. The van der Waals surface area contributed by atoms with E-state index < -0.39 is 110 Å². The van der Waals surface area contributed by atoms with Gasteiger partial charge in [-0.25, -0.2) is 66.3 Å². The first-order valence-electron chi connectivity index (χ1n) is 25.4. The lowest BCUT2D eigenvalue weighted by Gasteiger charge is -2.09. The Morgan fingerprint density at radius 3 is 1.10 bits per heavy atom. The maximum atomic E-state index is 13.3. The molecule has 30 nitrogen and oxygen atoms in total. The number of carboxylic acids is 2. The summed E-state index contributed by atoms with van der Waals surface area (Å²) in [5.74, 6) is -10.5. The topological polar surface area (TPSA) is 441 Å². The molecule has 4 N–H and O–H groups in total. The molecule has 2 heterocycles. The van der Waals surface area contributed by atoms with E-state index >= 15 is 0 Å². The molecule has 33 heteroatoms. The van der Waals surface area contributed by atoms with Crippen molar-refractivity contribution in [3.63, 3.8) is 0 Å². The number of aryl methyl sites for hydroxylation is 5. The summed E-state index contributed by atoms with van der Waals surface area (Å²) in [6.07, 6.45) is 0. The van der Waals surface area contributed by atoms with Crippen LogP contribution in [0.1, 0.15) is 161 Å². The Bertz CT molecular complexity index is 3860. The second-order valence-electron chi connectivity index (χ2n) is 18.3. The number of fused-ring (bicyclic) bond motifs is 2. The Hall–Kier alpha value is -12.3. The Morgan fingerprint density at radius 1 is 0.426 bits per heavy atom. The molecule has 0 fully saturated rings. The third-order valence-electron chi connectivity index (χ3n) is 12.4. The van der Waals surface area contributed by atoms with Gasteiger partial charge in [0.05, 0.1) is 126 Å². The third-order valence-corrected chi connectivity index (χ3v) is 12.4. The van der Waals surface area contributed by atoms with Crippen molar-refractivity contribution in [1.29, 1.82) is 0 Å². The number of carboxylic acid groups (broad SMARTS) is 2. The molecule has 0 aliphatic carbocycles. The number of nitrogens with zero attached hydrogens (tertiary/aromatic N) is 2. The number of nitrogens with two attached hydrogens (primary N) is 1. The number of aromatic carboxylic acids is 2. The van der Waals surface area contributed by atoms with Crippen LogP contribution in [0.2, 0.25) is 0 Å². The van der Waals surface area contributed by atoms with Crippen molar-refractivity contribution in [3.8, 4) is 5.75 Å². The van der Waals surface area contributed by atoms with Gasteiger partial charge in [0.2, 0.25) is 0 Å². The van der Waals surface area contributed by atoms with E-state index in [-0.39, 0.29) is 89.7 Å². The normalized spacial score (nSPS) is 10.7. The van der Waals surface area contributed by atoms with Crippen molar-refractivity contribution in [3.05, 3.63) is 205 Å². The third kappa shape index (κ3) is 19.6. The van der Waals surface area contributed by atoms with Crippen molar-refractivity contribution in [2.45, 2.75) is 42.0 Å². The Labute approximate surface area is 534 Å². The predicted molar refractivity (Wildman–Crippen MR) is 323 cm³/mol. The number of esters is 10. The molecule has 3 radical (unpaired) electrons. The summed E-state index contributed by atoms with van der Waals surface area (Å²) in [4.78, 5) is 154. The summed E-state index contributed by atoms with van der Waals surface area (Å²) >= 11 is 0. The monoisotopic (exact) mass is 1320 g/mol. The van der Waals surface area contributed by atoms with Crippen LogP contribution in [-0.4, -0.2) is 150 Å². The fourth-order valence-electron chi connectivity index (χ4n) is 7.62. The van der Waals surface area contributed by atoms with Crippen LogP contribution in [0.3, 0.4) is 0 Å². The van der Waals surface area contributed by atoms with Crippen LogP contribution < -0.4 is 10.5 Å². The number of methoxy groups -OCH3 is 7. The van der Waals surface area contributed by atoms with Gasteiger partial charge in [0.25, 0.3) is 11.4 Å². The quantitative estimate of drug-likeness (QED) is 0.0208. The maximum absolute atomic E-state index is 13.3. The van der Waals surface area contributed by atoms with Gasteiger partial charge in [-0.1, -0.05) is 7.43 Å². The number of rotatable bonds is 11. The molecule has 0 amide bonds. The number of nitro groups is 2. The molecule has 94 heavy (non-hydrogen) atoms. The van der Waals surface area contributed by atoms with E-state index in [9.17, 15) is 86.5 Å². The lowest BCUT2D eigenvalue weighted by Crippen LogP contribution is -2.13. The van der Waals surface area contributed by atoms with Crippen molar-refractivity contribution < 1.29 is 130 Å². The van der Waals surface area contributed by atoms with E-state index in [4.69, 9.17) is 20.7 Å². The standard InChI is InChI=1S/C11H11FO4.C11H11NO6.C11H13NO4.C9H5FO3.C9H7NO6.C9H6O4.CH4.B.H2/c1-6-4-7(10(13)15-2)8(5-9(6)12)11(14)16-3;1-6-4-7(10(13)17-2)8(11(14)18-3)5-9(6)12(15)16;1-6-4-7(10(13)15-2)8(5-9(6)12)11(14)16-3;1-4-2-5-6(3-7(4)10)9(12)13-8(5)11;1-4-2-5(8(11)12)6(9(13)14)3-7(4)10(15)16;1-12-5-2-3-6-7(4-5)9(11)13-8(6)10;;;/h4-5H,1-3H3;4-5H,1-3H3;4-5H,12H2,1-3H3;2-3H,1H3;2-3H,1H3,(H,11,12)(H,13,14);2-4H,1H3;1H4;;1H/i;;;;;;;;1+1. The molecule has 0 unspecified atom stereocenters. The number of ether oxygens (including phenoxy) is 9. The van der Waals surface area contributed by atoms with Crippen LogP contribution in [-0.2, 0) is 37.9 Å². The molecule has 8 rings (SSSR count). The SMILES string of the molecule is C.COC(=O)c1cc(C)c(F)cc1C(=O)OC.COC(=O)c1cc(C)c(N)cc1C(=O)OC.COC(=O)c1cc(C)c([N+](=O)[O-])cc1C(=O)OC.COc1ccc2c(c1)C(=O)OC2=O.Cc1cc(C(=O)O)c(C(=O)O)cc1[N+](=O)[O-].Cc1cc2c(cc1F)C(=O)OC2=O.[2HH].[B]. The number of cyclic esters (lactones) is 4. The Morgan fingerprint density at radius 2 is 0.713 bits per heavy atom. The summed E-state index contributed by atoms with van der Waals surface area (Å²) in [6.45, 7) is 7.55. The van der Waals surface area contributed by atoms with Gasteiger partial charge in [-0.15, -0.1) is 0 Å². The number of hydrogen-bond donors (Lipinski definition) is 3. The maximum Gasteiger partial charge on any atom is 0.347 e. The van der Waals surface area contributed by atoms with Gasteiger partial charge in [-0.05, 0) is 118 Å². The lowest BCUT2D eigenvalue weighted by molar-refractivity contribution is -0.385. The van der Waals surface area contributed by atoms with Gasteiger partial charge in [0.15, 0.2) is 0 Å². The molecule has 0 bridgehead atoms. The highest BCUT2D eigenvalue weighted by Gasteiger charge is 2.32. The van der Waals surface area contributed by atoms with Gasteiger partial charge < -0.3 is 58.6 Å². The largest absolute Gasteiger partial charge is 0.497 e. The number of hydrogen-bond acceptors (Lipinski definition) is 26. The minimum absolute atomic E-state index is 0. The number of benzene rings is 6. The van der Waals surface area contributed by atoms with Gasteiger partial charge in [-0.3, -0.25) is 20.2 Å². The molecule has 497 valence electrons. The van der Waals surface area contributed by atoms with Crippen molar-refractivity contribution >= 4 is 97.1 Å². The summed E-state index contributed by atoms with van der Waals surface area (Å²) < 4.78 is 66.9. The van der Waals surface area contributed by atoms with Crippen molar-refractivity contribution in [1.82, 2.24) is 0 Å². The fourth-order valence-corrected chi connectivity index (χ4v) is 7.62.